The summed E-state index contributed by atoms with van der Waals surface area (Å²) in [5, 5.41) is 3.61. The summed E-state index contributed by atoms with van der Waals surface area (Å²) < 4.78 is 0. The number of imide groups is 1. The topological polar surface area (TPSA) is 82.3 Å². The van der Waals surface area contributed by atoms with Gasteiger partial charge in [-0.3, -0.25) is 14.5 Å². The van der Waals surface area contributed by atoms with Gasteiger partial charge in [-0.05, 0) is 37.7 Å². The van der Waals surface area contributed by atoms with Crippen LogP contribution in [0.5, 0.6) is 0 Å². The van der Waals surface area contributed by atoms with E-state index in [4.69, 9.17) is 0 Å². The van der Waals surface area contributed by atoms with Crippen LogP contribution in [0.2, 0.25) is 0 Å². The number of ketones is 1. The molecule has 130 valence electrons. The van der Waals surface area contributed by atoms with E-state index in [1.807, 2.05) is 18.2 Å². The number of hydrogen-bond donors (Lipinski definition) is 2. The molecule has 1 aromatic carbocycles. The molecule has 6 heteroatoms. The lowest BCUT2D eigenvalue weighted by molar-refractivity contribution is -0.131. The Hall–Kier alpha value is -2.63. The maximum Gasteiger partial charge on any atom is 0.325 e. The lowest BCUT2D eigenvalue weighted by atomic mass is 9.96. The smallest absolute Gasteiger partial charge is 0.325 e. The molecule has 1 atom stereocenters. The summed E-state index contributed by atoms with van der Waals surface area (Å²) in [6.45, 7) is 3.59. The Balaban J connectivity index is 1.60. The summed E-state index contributed by atoms with van der Waals surface area (Å²) in [5.41, 5.74) is 1.74. The van der Waals surface area contributed by atoms with Crippen molar-refractivity contribution in [2.45, 2.75) is 38.6 Å². The first-order chi connectivity index (χ1) is 12.0. The third-order valence-electron chi connectivity index (χ3n) is 5.48. The molecule has 2 aliphatic rings. The Morgan fingerprint density at radius 1 is 1.32 bits per heavy atom. The summed E-state index contributed by atoms with van der Waals surface area (Å²) in [7, 11) is 0. The molecule has 2 N–H and O–H groups in total. The quantitative estimate of drug-likeness (QED) is 0.649. The molecule has 1 saturated heterocycles. The highest BCUT2D eigenvalue weighted by atomic mass is 16.2. The molecule has 2 fully saturated rings. The summed E-state index contributed by atoms with van der Waals surface area (Å²) in [4.78, 5) is 41.9. The van der Waals surface area contributed by atoms with Gasteiger partial charge in [-0.2, -0.15) is 0 Å². The number of Topliss-reactive ketones (excluding diaryl/α,β-unsaturated/α-hetero) is 1. The van der Waals surface area contributed by atoms with Crippen molar-refractivity contribution >= 4 is 28.6 Å². The summed E-state index contributed by atoms with van der Waals surface area (Å²) >= 11 is 0. The van der Waals surface area contributed by atoms with Crippen LogP contribution < -0.4 is 5.32 Å². The van der Waals surface area contributed by atoms with Crippen LogP contribution in [0.4, 0.5) is 4.79 Å². The summed E-state index contributed by atoms with van der Waals surface area (Å²) in [5.74, 6) is -0.338. The molecule has 25 heavy (non-hydrogen) atoms. The number of aryl methyl sites for hydroxylation is 1. The third kappa shape index (κ3) is 2.35. The van der Waals surface area contributed by atoms with E-state index in [1.54, 1.807) is 13.1 Å². The zero-order valence-corrected chi connectivity index (χ0v) is 14.4. The van der Waals surface area contributed by atoms with Crippen LogP contribution in [-0.4, -0.2) is 39.7 Å². The average Bonchev–Trinajstić information content (AvgIpc) is 3.33. The second-order valence-electron chi connectivity index (χ2n) is 7.12. The van der Waals surface area contributed by atoms with Crippen molar-refractivity contribution in [1.29, 1.82) is 0 Å². The van der Waals surface area contributed by atoms with E-state index in [0.717, 1.165) is 40.6 Å². The number of hydrogen-bond acceptors (Lipinski definition) is 3. The Morgan fingerprint density at radius 3 is 2.76 bits per heavy atom. The van der Waals surface area contributed by atoms with Crippen molar-refractivity contribution in [3.05, 3.63) is 35.5 Å². The first-order valence-electron chi connectivity index (χ1n) is 8.72. The minimum atomic E-state index is -0.854. The molecule has 2 aromatic rings. The molecule has 0 spiro atoms. The summed E-state index contributed by atoms with van der Waals surface area (Å²) in [6, 6.07) is 5.36. The van der Waals surface area contributed by atoms with Crippen LogP contribution in [0, 0.1) is 5.92 Å². The van der Waals surface area contributed by atoms with Crippen molar-refractivity contribution < 1.29 is 14.4 Å². The molecule has 1 saturated carbocycles. The Bertz CT molecular complexity index is 896. The van der Waals surface area contributed by atoms with E-state index in [2.05, 4.69) is 17.2 Å². The maximum absolute atomic E-state index is 12.8. The number of rotatable bonds is 5. The fourth-order valence-corrected chi connectivity index (χ4v) is 3.77. The predicted octanol–water partition coefficient (Wildman–Crippen LogP) is 2.63. The highest BCUT2D eigenvalue weighted by molar-refractivity contribution is 6.14. The second kappa shape index (κ2) is 5.44. The van der Waals surface area contributed by atoms with E-state index < -0.39 is 11.6 Å². The average molecular weight is 339 g/mol. The first kappa shape index (κ1) is 15.9. The van der Waals surface area contributed by atoms with E-state index in [9.17, 15) is 14.4 Å². The second-order valence-corrected chi connectivity index (χ2v) is 7.12. The highest BCUT2D eigenvalue weighted by Crippen LogP contribution is 2.42. The van der Waals surface area contributed by atoms with E-state index in [1.165, 1.54) is 0 Å². The minimum Gasteiger partial charge on any atom is -0.360 e. The number of amides is 3. The first-order valence-corrected chi connectivity index (χ1v) is 8.72. The van der Waals surface area contributed by atoms with Crippen LogP contribution in [0.1, 0.15) is 42.6 Å². The lowest BCUT2D eigenvalue weighted by Gasteiger charge is -2.20. The molecular weight excluding hydrogens is 318 g/mol. The van der Waals surface area contributed by atoms with Gasteiger partial charge in [0.15, 0.2) is 5.78 Å². The van der Waals surface area contributed by atoms with Gasteiger partial charge in [-0.25, -0.2) is 4.79 Å². The molecule has 3 amide bonds. The van der Waals surface area contributed by atoms with Crippen LogP contribution in [-0.2, 0) is 11.2 Å². The molecule has 2 heterocycles. The maximum atomic E-state index is 12.8. The van der Waals surface area contributed by atoms with Gasteiger partial charge >= 0.3 is 6.03 Å². The van der Waals surface area contributed by atoms with Crippen molar-refractivity contribution in [2.24, 2.45) is 5.92 Å². The van der Waals surface area contributed by atoms with E-state index in [0.29, 0.717) is 5.56 Å². The fraction of sp³-hybridized carbons (Fsp3) is 0.421. The molecule has 1 unspecified atom stereocenters. The number of nitrogens with zero attached hydrogens (tertiary/aromatic N) is 1. The van der Waals surface area contributed by atoms with Crippen LogP contribution in [0.25, 0.3) is 10.9 Å². The summed E-state index contributed by atoms with van der Waals surface area (Å²) in [6.07, 6.45) is 4.40. The SMILES string of the molecule is CCc1cccc2c(C(=O)CN3C(=O)NC(C)(C4CC4)C3=O)c[nH]c12. The number of para-hydroxylation sites is 1. The van der Waals surface area contributed by atoms with Gasteiger partial charge < -0.3 is 10.3 Å². The molecule has 4 rings (SSSR count). The molecule has 1 aromatic heterocycles. The molecular formula is C19H21N3O3. The van der Waals surface area contributed by atoms with Crippen LogP contribution in [0.3, 0.4) is 0 Å². The highest BCUT2D eigenvalue weighted by Gasteiger charge is 2.56. The molecule has 1 aliphatic carbocycles. The van der Waals surface area contributed by atoms with Gasteiger partial charge in [0.1, 0.15) is 5.54 Å². The van der Waals surface area contributed by atoms with Crippen LogP contribution >= 0.6 is 0 Å². The monoisotopic (exact) mass is 339 g/mol. The number of H-pyrrole nitrogens is 1. The Kier molecular flexibility index (Phi) is 3.45. The van der Waals surface area contributed by atoms with Crippen molar-refractivity contribution in [2.75, 3.05) is 6.54 Å². The predicted molar refractivity (Wildman–Crippen MR) is 93.4 cm³/mol. The van der Waals surface area contributed by atoms with Crippen LogP contribution in [0.15, 0.2) is 24.4 Å². The van der Waals surface area contributed by atoms with Gasteiger partial charge in [0.25, 0.3) is 5.91 Å². The van der Waals surface area contributed by atoms with Gasteiger partial charge in [-0.15, -0.1) is 0 Å². The zero-order chi connectivity index (χ0) is 17.8. The number of carbonyl (C=O) groups excluding carboxylic acids is 3. The number of fused-ring (bicyclic) bond motifs is 1. The number of benzene rings is 1. The molecule has 1 aliphatic heterocycles. The molecule has 6 nitrogen and oxygen atoms in total. The fourth-order valence-electron chi connectivity index (χ4n) is 3.77. The molecule has 0 bridgehead atoms. The molecule has 0 radical (unpaired) electrons. The number of nitrogens with one attached hydrogen (secondary N) is 2. The zero-order valence-electron chi connectivity index (χ0n) is 14.4. The van der Waals surface area contributed by atoms with Gasteiger partial charge in [-0.1, -0.05) is 25.1 Å². The Labute approximate surface area is 145 Å². The van der Waals surface area contributed by atoms with Crippen molar-refractivity contribution in [3.63, 3.8) is 0 Å². The number of aromatic nitrogens is 1. The third-order valence-corrected chi connectivity index (χ3v) is 5.48. The van der Waals surface area contributed by atoms with Gasteiger partial charge in [0.05, 0.1) is 6.54 Å². The van der Waals surface area contributed by atoms with Crippen molar-refractivity contribution in [1.82, 2.24) is 15.2 Å². The minimum absolute atomic E-state index is 0.184. The normalized spacial score (nSPS) is 23.4. The number of urea groups is 1. The van der Waals surface area contributed by atoms with Gasteiger partial charge in [0.2, 0.25) is 0 Å². The number of carbonyl (C=O) groups is 3. The standard InChI is InChI=1S/C19H21N3O3/c1-3-11-5-4-6-13-14(9-20-16(11)13)15(23)10-22-17(24)19(2,12-7-8-12)21-18(22)25/h4-6,9,12,20H,3,7-8,10H2,1-2H3,(H,21,25). The lowest BCUT2D eigenvalue weighted by Crippen LogP contribution is -2.46. The van der Waals surface area contributed by atoms with Crippen molar-refractivity contribution in [3.8, 4) is 0 Å². The van der Waals surface area contributed by atoms with E-state index >= 15 is 0 Å². The number of aromatic amines is 1. The van der Waals surface area contributed by atoms with E-state index in [-0.39, 0.29) is 24.2 Å². The van der Waals surface area contributed by atoms with Gasteiger partial charge in [0, 0.05) is 22.7 Å². The largest absolute Gasteiger partial charge is 0.360 e. The Morgan fingerprint density at radius 2 is 2.08 bits per heavy atom.